The minimum absolute atomic E-state index is 0.160. The molecule has 0 unspecified atom stereocenters. The number of allylic oxidation sites excluding steroid dienone is 1. The van der Waals surface area contributed by atoms with E-state index in [1.54, 1.807) is 18.7 Å². The minimum Gasteiger partial charge on any atom is -0.463 e. The third-order valence-electron chi connectivity index (χ3n) is 4.37. The number of carbonyl (C=O) groups excluding carboxylic acids is 1. The van der Waals surface area contributed by atoms with E-state index in [2.05, 4.69) is 5.32 Å². The van der Waals surface area contributed by atoms with Gasteiger partial charge in [0.1, 0.15) is 11.6 Å². The average Bonchev–Trinajstić information content (AvgIpc) is 2.57. The van der Waals surface area contributed by atoms with Gasteiger partial charge in [-0.15, -0.1) is 0 Å². The largest absolute Gasteiger partial charge is 0.463 e. The number of benzene rings is 1. The van der Waals surface area contributed by atoms with E-state index in [1.165, 1.54) is 6.07 Å². The standard InChI is InChI=1S/C19H25F2N3O2S/c1-5-26-18(25)15-12(2)24(11-7-10-23(3)4)19(27)22-17(15)16-13(20)8-6-9-14(16)21/h6,8-9,17H,5,7,10-11H2,1-4H3,(H,22,27)/t17-/m1/s1. The molecule has 0 fully saturated rings. The van der Waals surface area contributed by atoms with Gasteiger partial charge in [-0.1, -0.05) is 6.07 Å². The summed E-state index contributed by atoms with van der Waals surface area (Å²) in [6.45, 7) is 4.98. The highest BCUT2D eigenvalue weighted by atomic mass is 32.1. The topological polar surface area (TPSA) is 44.8 Å². The van der Waals surface area contributed by atoms with Gasteiger partial charge in [0.05, 0.1) is 23.8 Å². The Balaban J connectivity index is 2.47. The molecule has 2 rings (SSSR count). The first kappa shape index (κ1) is 21.2. The molecule has 1 aliphatic heterocycles. The van der Waals surface area contributed by atoms with Gasteiger partial charge in [0.2, 0.25) is 0 Å². The van der Waals surface area contributed by atoms with E-state index in [1.807, 2.05) is 19.0 Å². The predicted octanol–water partition coefficient (Wildman–Crippen LogP) is 2.98. The number of thiocarbonyl (C=S) groups is 1. The number of hydrogen-bond acceptors (Lipinski definition) is 4. The molecule has 0 spiro atoms. The maximum absolute atomic E-state index is 14.4. The van der Waals surface area contributed by atoms with Crippen molar-refractivity contribution in [2.24, 2.45) is 0 Å². The first-order valence-corrected chi connectivity index (χ1v) is 9.23. The number of ether oxygens (including phenoxy) is 1. The van der Waals surface area contributed by atoms with Crippen molar-refractivity contribution >= 4 is 23.3 Å². The second-order valence-corrected chi connectivity index (χ2v) is 6.93. The Bertz CT molecular complexity index is 732. The Morgan fingerprint density at radius 3 is 2.52 bits per heavy atom. The molecule has 0 radical (unpaired) electrons. The maximum atomic E-state index is 14.4. The Hall–Kier alpha value is -2.06. The van der Waals surface area contributed by atoms with Crippen molar-refractivity contribution in [3.8, 4) is 0 Å². The molecule has 0 aliphatic carbocycles. The third-order valence-corrected chi connectivity index (χ3v) is 4.71. The molecule has 1 aliphatic rings. The number of halogens is 2. The van der Waals surface area contributed by atoms with E-state index in [-0.39, 0.29) is 17.7 Å². The first-order valence-electron chi connectivity index (χ1n) is 8.82. The molecule has 1 N–H and O–H groups in total. The SMILES string of the molecule is CCOC(=O)C1=C(C)N(CCCN(C)C)C(=S)N[C@H]1c1c(F)cccc1F. The summed E-state index contributed by atoms with van der Waals surface area (Å²) < 4.78 is 33.9. The third kappa shape index (κ3) is 4.81. The molecule has 1 atom stereocenters. The van der Waals surface area contributed by atoms with Crippen molar-refractivity contribution in [1.82, 2.24) is 15.1 Å². The van der Waals surface area contributed by atoms with E-state index in [4.69, 9.17) is 17.0 Å². The molecule has 0 saturated heterocycles. The molecule has 1 heterocycles. The monoisotopic (exact) mass is 397 g/mol. The highest BCUT2D eigenvalue weighted by molar-refractivity contribution is 7.80. The zero-order valence-corrected chi connectivity index (χ0v) is 16.8. The van der Waals surface area contributed by atoms with Crippen molar-refractivity contribution in [3.63, 3.8) is 0 Å². The molecule has 1 aromatic rings. The van der Waals surface area contributed by atoms with Crippen LogP contribution in [0.3, 0.4) is 0 Å². The van der Waals surface area contributed by atoms with Gasteiger partial charge in [0, 0.05) is 12.2 Å². The van der Waals surface area contributed by atoms with Crippen LogP contribution in [0.4, 0.5) is 8.78 Å². The molecule has 8 heteroatoms. The van der Waals surface area contributed by atoms with Crippen molar-refractivity contribution in [3.05, 3.63) is 46.7 Å². The minimum atomic E-state index is -1.04. The van der Waals surface area contributed by atoms with Crippen LogP contribution in [0.15, 0.2) is 29.5 Å². The lowest BCUT2D eigenvalue weighted by molar-refractivity contribution is -0.139. The highest BCUT2D eigenvalue weighted by Crippen LogP contribution is 2.34. The molecular weight excluding hydrogens is 372 g/mol. The van der Waals surface area contributed by atoms with Crippen molar-refractivity contribution in [2.75, 3.05) is 33.8 Å². The Kier molecular flexibility index (Phi) is 7.26. The van der Waals surface area contributed by atoms with Gasteiger partial charge >= 0.3 is 5.97 Å². The van der Waals surface area contributed by atoms with E-state index < -0.39 is 23.6 Å². The van der Waals surface area contributed by atoms with Crippen LogP contribution in [0.5, 0.6) is 0 Å². The molecule has 1 aromatic carbocycles. The van der Waals surface area contributed by atoms with E-state index >= 15 is 0 Å². The quantitative estimate of drug-likeness (QED) is 0.564. The van der Waals surface area contributed by atoms with Crippen molar-refractivity contribution < 1.29 is 18.3 Å². The van der Waals surface area contributed by atoms with Crippen LogP contribution in [-0.2, 0) is 9.53 Å². The van der Waals surface area contributed by atoms with Gasteiger partial charge < -0.3 is 19.9 Å². The van der Waals surface area contributed by atoms with Gasteiger partial charge in [-0.25, -0.2) is 13.6 Å². The Morgan fingerprint density at radius 1 is 1.33 bits per heavy atom. The van der Waals surface area contributed by atoms with Gasteiger partial charge in [-0.3, -0.25) is 0 Å². The molecule has 0 bridgehead atoms. The molecule has 5 nitrogen and oxygen atoms in total. The molecule has 0 aromatic heterocycles. The number of esters is 1. The van der Waals surface area contributed by atoms with Crippen LogP contribution >= 0.6 is 12.2 Å². The number of nitrogens with zero attached hydrogens (tertiary/aromatic N) is 2. The Labute approximate surface area is 164 Å². The van der Waals surface area contributed by atoms with Gasteiger partial charge in [0.25, 0.3) is 0 Å². The number of rotatable bonds is 7. The fourth-order valence-corrected chi connectivity index (χ4v) is 3.42. The summed E-state index contributed by atoms with van der Waals surface area (Å²) in [5.74, 6) is -2.10. The second kappa shape index (κ2) is 9.23. The van der Waals surface area contributed by atoms with Crippen LogP contribution in [0, 0.1) is 11.6 Å². The van der Waals surface area contributed by atoms with Crippen LogP contribution in [0.25, 0.3) is 0 Å². The van der Waals surface area contributed by atoms with E-state index in [0.717, 1.165) is 25.1 Å². The first-order chi connectivity index (χ1) is 12.8. The molecule has 0 amide bonds. The summed E-state index contributed by atoms with van der Waals surface area (Å²) in [7, 11) is 3.94. The predicted molar refractivity (Wildman–Crippen MR) is 104 cm³/mol. The van der Waals surface area contributed by atoms with E-state index in [0.29, 0.717) is 17.4 Å². The summed E-state index contributed by atoms with van der Waals surface area (Å²) in [5, 5.41) is 3.25. The zero-order valence-electron chi connectivity index (χ0n) is 16.0. The van der Waals surface area contributed by atoms with Crippen LogP contribution in [0.1, 0.15) is 31.9 Å². The smallest absolute Gasteiger partial charge is 0.338 e. The highest BCUT2D eigenvalue weighted by Gasteiger charge is 2.37. The van der Waals surface area contributed by atoms with Crippen molar-refractivity contribution in [1.29, 1.82) is 0 Å². The molecule has 148 valence electrons. The molecule has 0 saturated carbocycles. The fourth-order valence-electron chi connectivity index (χ4n) is 3.07. The lowest BCUT2D eigenvalue weighted by Gasteiger charge is -2.37. The number of nitrogens with one attached hydrogen (secondary N) is 1. The summed E-state index contributed by atoms with van der Waals surface area (Å²) in [6.07, 6.45) is 0.807. The average molecular weight is 397 g/mol. The van der Waals surface area contributed by atoms with Gasteiger partial charge in [0.15, 0.2) is 5.11 Å². The normalized spacial score (nSPS) is 17.4. The van der Waals surface area contributed by atoms with Crippen LogP contribution < -0.4 is 5.32 Å². The van der Waals surface area contributed by atoms with E-state index in [9.17, 15) is 13.6 Å². The lowest BCUT2D eigenvalue weighted by atomic mass is 9.94. The molecular formula is C19H25F2N3O2S. The summed E-state index contributed by atoms with van der Waals surface area (Å²) >= 11 is 5.42. The summed E-state index contributed by atoms with van der Waals surface area (Å²) in [4.78, 5) is 16.4. The van der Waals surface area contributed by atoms with Gasteiger partial charge in [-0.05, 0) is 65.3 Å². The van der Waals surface area contributed by atoms with Crippen molar-refractivity contribution in [2.45, 2.75) is 26.3 Å². The summed E-state index contributed by atoms with van der Waals surface area (Å²) in [5.41, 5.74) is 0.470. The van der Waals surface area contributed by atoms with Gasteiger partial charge in [-0.2, -0.15) is 0 Å². The number of carbonyl (C=O) groups is 1. The summed E-state index contributed by atoms with van der Waals surface area (Å²) in [6, 6.07) is 2.56. The number of hydrogen-bond donors (Lipinski definition) is 1. The molecule has 27 heavy (non-hydrogen) atoms. The second-order valence-electron chi connectivity index (χ2n) is 6.55. The Morgan fingerprint density at radius 2 is 1.96 bits per heavy atom. The lowest BCUT2D eigenvalue weighted by Crippen LogP contribution is -2.48. The zero-order chi connectivity index (χ0) is 20.1. The maximum Gasteiger partial charge on any atom is 0.338 e. The fraction of sp³-hybridized carbons (Fsp3) is 0.474. The van der Waals surface area contributed by atoms with Crippen LogP contribution in [0.2, 0.25) is 0 Å². The van der Waals surface area contributed by atoms with Crippen LogP contribution in [-0.4, -0.2) is 54.7 Å².